The molecule has 3 heteroatoms. The molecule has 1 atom stereocenters. The van der Waals surface area contributed by atoms with Gasteiger partial charge < -0.3 is 5.32 Å². The minimum atomic E-state index is -0.120. The molecule has 0 aliphatic heterocycles. The lowest BCUT2D eigenvalue weighted by atomic mass is 9.92. The molecule has 2 aromatic carbocycles. The molecular formula is C18H21ClFN. The van der Waals surface area contributed by atoms with Crippen LogP contribution in [0.1, 0.15) is 18.1 Å². The number of nitrogens with one attached hydrogen (secondary N) is 1. The highest BCUT2D eigenvalue weighted by atomic mass is 35.5. The van der Waals surface area contributed by atoms with E-state index in [1.54, 1.807) is 6.07 Å². The second-order valence-electron chi connectivity index (χ2n) is 5.30. The number of hydrogen-bond donors (Lipinski definition) is 1. The molecule has 0 spiro atoms. The van der Waals surface area contributed by atoms with Crippen molar-refractivity contribution in [3.8, 4) is 0 Å². The van der Waals surface area contributed by atoms with E-state index >= 15 is 0 Å². The fourth-order valence-electron chi connectivity index (χ4n) is 2.54. The van der Waals surface area contributed by atoms with Crippen LogP contribution in [-0.4, -0.2) is 13.1 Å². The van der Waals surface area contributed by atoms with Gasteiger partial charge in [-0.15, -0.1) is 0 Å². The van der Waals surface area contributed by atoms with Crippen LogP contribution in [0.4, 0.5) is 4.39 Å². The second kappa shape index (κ2) is 8.16. The highest BCUT2D eigenvalue weighted by Crippen LogP contribution is 2.19. The number of halogens is 2. The van der Waals surface area contributed by atoms with Crippen molar-refractivity contribution in [3.63, 3.8) is 0 Å². The van der Waals surface area contributed by atoms with E-state index in [2.05, 4.69) is 18.3 Å². The van der Waals surface area contributed by atoms with Gasteiger partial charge in [0.1, 0.15) is 5.82 Å². The van der Waals surface area contributed by atoms with Gasteiger partial charge in [-0.3, -0.25) is 0 Å². The quantitative estimate of drug-likeness (QED) is 0.794. The molecule has 0 bridgehead atoms. The van der Waals surface area contributed by atoms with Crippen LogP contribution in [0.5, 0.6) is 0 Å². The molecule has 1 nitrogen and oxygen atoms in total. The fourth-order valence-corrected chi connectivity index (χ4v) is 2.75. The van der Waals surface area contributed by atoms with Crippen LogP contribution >= 0.6 is 11.6 Å². The zero-order chi connectivity index (χ0) is 15.1. The van der Waals surface area contributed by atoms with Crippen molar-refractivity contribution in [2.24, 2.45) is 5.92 Å². The Hall–Kier alpha value is -1.38. The topological polar surface area (TPSA) is 12.0 Å². The molecule has 0 aliphatic carbocycles. The third kappa shape index (κ3) is 5.14. The van der Waals surface area contributed by atoms with Gasteiger partial charge in [0.15, 0.2) is 0 Å². The van der Waals surface area contributed by atoms with Crippen LogP contribution in [0.3, 0.4) is 0 Å². The van der Waals surface area contributed by atoms with Crippen LogP contribution in [0, 0.1) is 11.7 Å². The molecule has 0 aromatic heterocycles. The third-order valence-corrected chi connectivity index (χ3v) is 3.80. The predicted molar refractivity (Wildman–Crippen MR) is 87.3 cm³/mol. The minimum absolute atomic E-state index is 0.120. The van der Waals surface area contributed by atoms with Crippen LogP contribution in [0.15, 0.2) is 48.5 Å². The maximum Gasteiger partial charge on any atom is 0.126 e. The predicted octanol–water partition coefficient (Wildman–Crippen LogP) is 4.49. The normalized spacial score (nSPS) is 12.3. The van der Waals surface area contributed by atoms with Crippen LogP contribution in [0.25, 0.3) is 0 Å². The average molecular weight is 306 g/mol. The molecule has 0 saturated heterocycles. The number of hydrogen-bond acceptors (Lipinski definition) is 1. The summed E-state index contributed by atoms with van der Waals surface area (Å²) in [5.74, 6) is 0.227. The summed E-state index contributed by atoms with van der Waals surface area (Å²) in [6.07, 6.45) is 1.62. The number of benzene rings is 2. The molecular weight excluding hydrogens is 285 g/mol. The Bertz CT molecular complexity index is 571. The average Bonchev–Trinajstić information content (AvgIpc) is 2.47. The Balaban J connectivity index is 2.09. The standard InChI is InChI=1S/C18H21ClFN/c1-2-21-13-15(10-14-6-5-8-17(19)12-14)11-16-7-3-4-9-18(16)20/h3-9,12,15,21H,2,10-11,13H2,1H3. The van der Waals surface area contributed by atoms with Crippen molar-refractivity contribution in [3.05, 3.63) is 70.5 Å². The Morgan fingerprint density at radius 2 is 1.90 bits per heavy atom. The van der Waals surface area contributed by atoms with E-state index in [0.717, 1.165) is 36.5 Å². The Kier molecular flexibility index (Phi) is 6.21. The highest BCUT2D eigenvalue weighted by molar-refractivity contribution is 6.30. The van der Waals surface area contributed by atoms with Gasteiger partial charge in [-0.05, 0) is 61.2 Å². The summed E-state index contributed by atoms with van der Waals surface area (Å²) >= 11 is 6.04. The summed E-state index contributed by atoms with van der Waals surface area (Å²) in [6.45, 7) is 3.88. The van der Waals surface area contributed by atoms with Crippen LogP contribution in [-0.2, 0) is 12.8 Å². The van der Waals surface area contributed by atoms with Crippen LogP contribution in [0.2, 0.25) is 5.02 Å². The van der Waals surface area contributed by atoms with Gasteiger partial charge in [0, 0.05) is 5.02 Å². The molecule has 1 N–H and O–H groups in total. The third-order valence-electron chi connectivity index (χ3n) is 3.56. The summed E-state index contributed by atoms with van der Waals surface area (Å²) in [5, 5.41) is 4.12. The lowest BCUT2D eigenvalue weighted by Crippen LogP contribution is -2.26. The SMILES string of the molecule is CCNCC(Cc1cccc(Cl)c1)Cc1ccccc1F. The number of rotatable bonds is 7. The summed E-state index contributed by atoms with van der Waals surface area (Å²) in [5.41, 5.74) is 1.98. The summed E-state index contributed by atoms with van der Waals surface area (Å²) in [6, 6.07) is 14.9. The van der Waals surface area contributed by atoms with E-state index in [4.69, 9.17) is 11.6 Å². The minimum Gasteiger partial charge on any atom is -0.317 e. The highest BCUT2D eigenvalue weighted by Gasteiger charge is 2.13. The maximum atomic E-state index is 13.8. The monoisotopic (exact) mass is 305 g/mol. The van der Waals surface area contributed by atoms with E-state index in [-0.39, 0.29) is 5.82 Å². The van der Waals surface area contributed by atoms with Gasteiger partial charge in [0.2, 0.25) is 0 Å². The Morgan fingerprint density at radius 1 is 1.10 bits per heavy atom. The lowest BCUT2D eigenvalue weighted by molar-refractivity contribution is 0.467. The molecule has 1 unspecified atom stereocenters. The van der Waals surface area contributed by atoms with E-state index in [1.807, 2.05) is 30.3 Å². The summed E-state index contributed by atoms with van der Waals surface area (Å²) in [4.78, 5) is 0. The summed E-state index contributed by atoms with van der Waals surface area (Å²) < 4.78 is 13.8. The molecule has 0 aliphatic rings. The van der Waals surface area contributed by atoms with Gasteiger partial charge in [-0.25, -0.2) is 4.39 Å². The molecule has 0 saturated carbocycles. The molecule has 0 heterocycles. The van der Waals surface area contributed by atoms with E-state index in [1.165, 1.54) is 11.6 Å². The smallest absolute Gasteiger partial charge is 0.126 e. The van der Waals surface area contributed by atoms with Crippen molar-refractivity contribution < 1.29 is 4.39 Å². The first-order valence-electron chi connectivity index (χ1n) is 7.37. The molecule has 0 fully saturated rings. The van der Waals surface area contributed by atoms with Crippen molar-refractivity contribution in [1.82, 2.24) is 5.32 Å². The van der Waals surface area contributed by atoms with E-state index in [0.29, 0.717) is 5.92 Å². The van der Waals surface area contributed by atoms with Gasteiger partial charge in [-0.2, -0.15) is 0 Å². The zero-order valence-corrected chi connectivity index (χ0v) is 13.0. The molecule has 0 radical (unpaired) electrons. The van der Waals surface area contributed by atoms with Crippen LogP contribution < -0.4 is 5.32 Å². The molecule has 2 rings (SSSR count). The van der Waals surface area contributed by atoms with Crippen molar-refractivity contribution in [2.45, 2.75) is 19.8 Å². The Morgan fingerprint density at radius 3 is 2.62 bits per heavy atom. The largest absolute Gasteiger partial charge is 0.317 e. The van der Waals surface area contributed by atoms with Gasteiger partial charge in [-0.1, -0.05) is 48.9 Å². The zero-order valence-electron chi connectivity index (χ0n) is 12.3. The van der Waals surface area contributed by atoms with Gasteiger partial charge >= 0.3 is 0 Å². The first kappa shape index (κ1) is 16.0. The van der Waals surface area contributed by atoms with E-state index < -0.39 is 0 Å². The van der Waals surface area contributed by atoms with Crippen molar-refractivity contribution >= 4 is 11.6 Å². The molecule has 112 valence electrons. The Labute approximate surface area is 131 Å². The van der Waals surface area contributed by atoms with Gasteiger partial charge in [0.25, 0.3) is 0 Å². The summed E-state index contributed by atoms with van der Waals surface area (Å²) in [7, 11) is 0. The van der Waals surface area contributed by atoms with Crippen molar-refractivity contribution in [2.75, 3.05) is 13.1 Å². The first-order valence-corrected chi connectivity index (χ1v) is 7.75. The first-order chi connectivity index (χ1) is 10.2. The second-order valence-corrected chi connectivity index (χ2v) is 5.74. The molecule has 2 aromatic rings. The maximum absolute atomic E-state index is 13.8. The molecule has 21 heavy (non-hydrogen) atoms. The van der Waals surface area contributed by atoms with Gasteiger partial charge in [0.05, 0.1) is 0 Å². The lowest BCUT2D eigenvalue weighted by Gasteiger charge is -2.18. The van der Waals surface area contributed by atoms with E-state index in [9.17, 15) is 4.39 Å². The molecule has 0 amide bonds. The van der Waals surface area contributed by atoms with Crippen molar-refractivity contribution in [1.29, 1.82) is 0 Å². The fraction of sp³-hybridized carbons (Fsp3) is 0.333.